The lowest BCUT2D eigenvalue weighted by molar-refractivity contribution is -0.665. The van der Waals surface area contributed by atoms with Crippen LogP contribution in [0, 0.1) is 0 Å². The van der Waals surface area contributed by atoms with E-state index < -0.39 is 0 Å². The summed E-state index contributed by atoms with van der Waals surface area (Å²) in [5, 5.41) is 2.45. The summed E-state index contributed by atoms with van der Waals surface area (Å²) in [5.74, 6) is 0. The standard InChI is InChI=1S/C21H23N4S2.HI/c1-3-24-16-10-8-14(22)12-18(16)26-20(24)6-5-7-21-25(4-2)17-11-9-15(23)13-19(17)27-21;/h5-13H,3-4,22-23H2,1-2H3;1H/q+1;/p-1. The second kappa shape index (κ2) is 8.75. The number of rotatable bonds is 4. The Balaban J connectivity index is 0.00000225. The Kier molecular flexibility index (Phi) is 6.57. The highest BCUT2D eigenvalue weighted by Crippen LogP contribution is 2.46. The molecule has 0 unspecified atom stereocenters. The number of nitrogen functional groups attached to an aromatic ring is 2. The van der Waals surface area contributed by atoms with Gasteiger partial charge in [-0.05, 0) is 50.3 Å². The molecule has 0 saturated carbocycles. The van der Waals surface area contributed by atoms with Crippen LogP contribution in [-0.4, -0.2) is 6.54 Å². The predicted octanol–water partition coefficient (Wildman–Crippen LogP) is 1.86. The highest BCUT2D eigenvalue weighted by Gasteiger charge is 2.23. The molecule has 3 aromatic rings. The first kappa shape index (κ1) is 21.0. The van der Waals surface area contributed by atoms with Crippen molar-refractivity contribution >= 4 is 56.5 Å². The van der Waals surface area contributed by atoms with Gasteiger partial charge in [-0.25, -0.2) is 0 Å². The number of thiazole rings is 1. The van der Waals surface area contributed by atoms with Crippen molar-refractivity contribution in [1.82, 2.24) is 0 Å². The molecule has 1 aromatic heterocycles. The van der Waals surface area contributed by atoms with Gasteiger partial charge in [-0.15, -0.1) is 0 Å². The zero-order chi connectivity index (χ0) is 19.0. The molecular formula is C21H23IN4S2. The number of benzene rings is 2. The van der Waals surface area contributed by atoms with Crippen molar-refractivity contribution in [2.75, 3.05) is 22.9 Å². The second-order valence-corrected chi connectivity index (χ2v) is 8.47. The number of aryl methyl sites for hydroxylation is 1. The van der Waals surface area contributed by atoms with Crippen LogP contribution in [-0.2, 0) is 6.54 Å². The molecule has 4 rings (SSSR count). The van der Waals surface area contributed by atoms with Gasteiger partial charge in [0.25, 0.3) is 5.01 Å². The molecule has 4 nitrogen and oxygen atoms in total. The molecule has 0 saturated heterocycles. The maximum Gasteiger partial charge on any atom is 0.262 e. The molecule has 0 fully saturated rings. The van der Waals surface area contributed by atoms with Gasteiger partial charge in [0, 0.05) is 35.0 Å². The Bertz CT molecular complexity index is 1070. The molecule has 1 aliphatic heterocycles. The first-order chi connectivity index (χ1) is 13.1. The van der Waals surface area contributed by atoms with Gasteiger partial charge in [0.1, 0.15) is 11.2 Å². The number of aromatic nitrogens is 1. The monoisotopic (exact) mass is 522 g/mol. The summed E-state index contributed by atoms with van der Waals surface area (Å²) in [6.45, 7) is 6.21. The maximum atomic E-state index is 5.94. The molecule has 0 amide bonds. The number of fused-ring (bicyclic) bond motifs is 2. The molecule has 2 heterocycles. The Morgan fingerprint density at radius 2 is 1.82 bits per heavy atom. The van der Waals surface area contributed by atoms with Crippen molar-refractivity contribution in [3.63, 3.8) is 0 Å². The van der Waals surface area contributed by atoms with Crippen LogP contribution in [0.1, 0.15) is 18.9 Å². The van der Waals surface area contributed by atoms with Gasteiger partial charge in [0.2, 0.25) is 5.52 Å². The van der Waals surface area contributed by atoms with Gasteiger partial charge >= 0.3 is 0 Å². The van der Waals surface area contributed by atoms with Gasteiger partial charge in [0.15, 0.2) is 0 Å². The highest BCUT2D eigenvalue weighted by molar-refractivity contribution is 8.03. The van der Waals surface area contributed by atoms with Crippen LogP contribution >= 0.6 is 23.1 Å². The number of nitrogens with two attached hydrogens (primary N) is 2. The Hall–Kier alpha value is -1.71. The summed E-state index contributed by atoms with van der Waals surface area (Å²) in [4.78, 5) is 3.54. The fraction of sp³-hybridized carbons (Fsp3) is 0.190. The van der Waals surface area contributed by atoms with Crippen LogP contribution in [0.2, 0.25) is 0 Å². The molecule has 2 aromatic carbocycles. The highest BCUT2D eigenvalue weighted by atomic mass is 127. The number of thioether (sulfide) groups is 1. The van der Waals surface area contributed by atoms with Crippen LogP contribution in [0.15, 0.2) is 58.5 Å². The third-order valence-corrected chi connectivity index (χ3v) is 6.85. The summed E-state index contributed by atoms with van der Waals surface area (Å²) in [7, 11) is 0. The Morgan fingerprint density at radius 1 is 1.07 bits per heavy atom. The van der Waals surface area contributed by atoms with Gasteiger partial charge in [0.05, 0.1) is 10.7 Å². The minimum Gasteiger partial charge on any atom is -1.00 e. The predicted molar refractivity (Wildman–Crippen MR) is 119 cm³/mol. The summed E-state index contributed by atoms with van der Waals surface area (Å²) in [5.41, 5.74) is 16.0. The molecule has 0 aliphatic carbocycles. The number of halogens is 1. The lowest BCUT2D eigenvalue weighted by Gasteiger charge is -2.17. The van der Waals surface area contributed by atoms with Crippen molar-refractivity contribution < 1.29 is 28.5 Å². The van der Waals surface area contributed by atoms with Crippen molar-refractivity contribution in [3.05, 3.63) is 58.6 Å². The summed E-state index contributed by atoms with van der Waals surface area (Å²) >= 11 is 3.54. The minimum atomic E-state index is 0. The van der Waals surface area contributed by atoms with E-state index in [0.717, 1.165) is 24.5 Å². The number of anilines is 3. The van der Waals surface area contributed by atoms with Gasteiger partial charge in [-0.3, -0.25) is 0 Å². The number of nitrogens with zero attached hydrogens (tertiary/aromatic N) is 2. The lowest BCUT2D eigenvalue weighted by atomic mass is 10.2. The van der Waals surface area contributed by atoms with Gasteiger partial charge < -0.3 is 40.3 Å². The molecule has 146 valence electrons. The van der Waals surface area contributed by atoms with E-state index in [1.54, 1.807) is 23.1 Å². The van der Waals surface area contributed by atoms with Gasteiger partial charge in [-0.1, -0.05) is 29.2 Å². The SMILES string of the molecule is CCN1/C(=C/C=C/c2sc3cc(N)ccc3[n+]2CC)Sc2cc(N)ccc21.[I-]. The molecule has 4 N–H and O–H groups in total. The van der Waals surface area contributed by atoms with Crippen LogP contribution in [0.25, 0.3) is 16.3 Å². The molecule has 7 heteroatoms. The van der Waals surface area contributed by atoms with E-state index in [1.165, 1.54) is 30.8 Å². The number of hydrogen-bond donors (Lipinski definition) is 2. The van der Waals surface area contributed by atoms with Crippen LogP contribution < -0.4 is 44.9 Å². The zero-order valence-corrected chi connectivity index (χ0v) is 19.6. The smallest absolute Gasteiger partial charge is 0.262 e. The van der Waals surface area contributed by atoms with Crippen molar-refractivity contribution in [2.24, 2.45) is 0 Å². The average molecular weight is 522 g/mol. The van der Waals surface area contributed by atoms with E-state index >= 15 is 0 Å². The second-order valence-electron chi connectivity index (χ2n) is 6.35. The van der Waals surface area contributed by atoms with Crippen molar-refractivity contribution in [3.8, 4) is 0 Å². The molecule has 1 aliphatic rings. The molecular weight excluding hydrogens is 499 g/mol. The lowest BCUT2D eigenvalue weighted by Crippen LogP contribution is -3.00. The zero-order valence-electron chi connectivity index (χ0n) is 15.9. The fourth-order valence-electron chi connectivity index (χ4n) is 3.36. The Morgan fingerprint density at radius 3 is 2.57 bits per heavy atom. The molecule has 0 bridgehead atoms. The van der Waals surface area contributed by atoms with E-state index in [2.05, 4.69) is 65.8 Å². The fourth-order valence-corrected chi connectivity index (χ4v) is 5.73. The van der Waals surface area contributed by atoms with E-state index in [1.807, 2.05) is 12.1 Å². The average Bonchev–Trinajstić information content (AvgIpc) is 3.17. The van der Waals surface area contributed by atoms with E-state index in [4.69, 9.17) is 11.5 Å². The first-order valence-electron chi connectivity index (χ1n) is 9.06. The summed E-state index contributed by atoms with van der Waals surface area (Å²) < 4.78 is 3.54. The van der Waals surface area contributed by atoms with Crippen molar-refractivity contribution in [2.45, 2.75) is 25.3 Å². The quantitative estimate of drug-likeness (QED) is 0.312. The molecule has 28 heavy (non-hydrogen) atoms. The maximum absolute atomic E-state index is 5.94. The summed E-state index contributed by atoms with van der Waals surface area (Å²) in [6, 6.07) is 12.2. The van der Waals surface area contributed by atoms with E-state index in [9.17, 15) is 0 Å². The van der Waals surface area contributed by atoms with Crippen molar-refractivity contribution in [1.29, 1.82) is 0 Å². The molecule has 0 spiro atoms. The van der Waals surface area contributed by atoms with Gasteiger partial charge in [-0.2, -0.15) is 4.57 Å². The van der Waals surface area contributed by atoms with E-state index in [-0.39, 0.29) is 24.0 Å². The number of hydrogen-bond acceptors (Lipinski definition) is 5. The third-order valence-electron chi connectivity index (χ3n) is 4.62. The van der Waals surface area contributed by atoms with Crippen LogP contribution in [0.4, 0.5) is 17.1 Å². The van der Waals surface area contributed by atoms with E-state index in [0.29, 0.717) is 0 Å². The topological polar surface area (TPSA) is 59.2 Å². The Labute approximate surface area is 190 Å². The minimum absolute atomic E-state index is 0. The van der Waals surface area contributed by atoms with Crippen LogP contribution in [0.5, 0.6) is 0 Å². The van der Waals surface area contributed by atoms with Crippen LogP contribution in [0.3, 0.4) is 0 Å². The summed E-state index contributed by atoms with van der Waals surface area (Å²) in [6.07, 6.45) is 6.51. The molecule has 0 radical (unpaired) electrons. The first-order valence-corrected chi connectivity index (χ1v) is 10.7. The third kappa shape index (κ3) is 3.88. The molecule has 0 atom stereocenters. The number of allylic oxidation sites excluding steroid dienone is 2. The normalized spacial score (nSPS) is 14.8. The largest absolute Gasteiger partial charge is 1.00 e.